The zero-order valence-electron chi connectivity index (χ0n) is 16.9. The molecule has 0 bridgehead atoms. The number of benzene rings is 1. The Hall–Kier alpha value is -3.03. The first-order chi connectivity index (χ1) is 14.1. The van der Waals surface area contributed by atoms with Crippen LogP contribution in [-0.4, -0.2) is 41.9 Å². The van der Waals surface area contributed by atoms with Gasteiger partial charge in [-0.2, -0.15) is 5.10 Å². The van der Waals surface area contributed by atoms with E-state index < -0.39 is 0 Å². The Morgan fingerprint density at radius 2 is 1.97 bits per heavy atom. The topological polar surface area (TPSA) is 94.5 Å². The number of hydrogen-bond donors (Lipinski definition) is 2. The fraction of sp³-hybridized carbons (Fsp3) is 0.476. The molecular formula is C21H28N4O4. The van der Waals surface area contributed by atoms with E-state index in [1.165, 1.54) is 17.5 Å². The smallest absolute Gasteiger partial charge is 0.241 e. The van der Waals surface area contributed by atoms with Gasteiger partial charge in [-0.1, -0.05) is 25.0 Å². The number of carbonyl (C=O) groups excluding carboxylic acids is 2. The van der Waals surface area contributed by atoms with E-state index in [0.29, 0.717) is 23.6 Å². The minimum atomic E-state index is -0.134. The second-order valence-electron chi connectivity index (χ2n) is 7.18. The zero-order valence-corrected chi connectivity index (χ0v) is 16.9. The second kappa shape index (κ2) is 9.95. The van der Waals surface area contributed by atoms with Crippen LogP contribution in [0.1, 0.15) is 37.7 Å². The van der Waals surface area contributed by atoms with E-state index in [1.807, 2.05) is 18.2 Å². The minimum absolute atomic E-state index is 0.0528. The SMILES string of the molecule is COc1cccc(CCC(=O)Nc2cnn(CC(=O)NC3CCCC3)c2)c1OC. The lowest BCUT2D eigenvalue weighted by atomic mass is 10.1. The maximum atomic E-state index is 12.3. The Morgan fingerprint density at radius 1 is 1.17 bits per heavy atom. The first-order valence-electron chi connectivity index (χ1n) is 9.90. The molecule has 0 radical (unpaired) electrons. The summed E-state index contributed by atoms with van der Waals surface area (Å²) >= 11 is 0. The van der Waals surface area contributed by atoms with Crippen LogP contribution in [0.3, 0.4) is 0 Å². The third-order valence-electron chi connectivity index (χ3n) is 5.05. The summed E-state index contributed by atoms with van der Waals surface area (Å²) in [6.45, 7) is 0.146. The average Bonchev–Trinajstić information content (AvgIpc) is 3.38. The van der Waals surface area contributed by atoms with Crippen molar-refractivity contribution in [3.8, 4) is 11.5 Å². The molecule has 8 nitrogen and oxygen atoms in total. The lowest BCUT2D eigenvalue weighted by Gasteiger charge is -2.12. The number of methoxy groups -OCH3 is 2. The molecule has 1 fully saturated rings. The highest BCUT2D eigenvalue weighted by Gasteiger charge is 2.17. The Labute approximate surface area is 170 Å². The van der Waals surface area contributed by atoms with E-state index in [9.17, 15) is 9.59 Å². The molecule has 0 saturated heterocycles. The molecule has 1 aliphatic rings. The first-order valence-corrected chi connectivity index (χ1v) is 9.90. The van der Waals surface area contributed by atoms with E-state index >= 15 is 0 Å². The quantitative estimate of drug-likeness (QED) is 0.675. The number of aromatic nitrogens is 2. The van der Waals surface area contributed by atoms with Gasteiger partial charge in [-0.25, -0.2) is 0 Å². The van der Waals surface area contributed by atoms with Gasteiger partial charge < -0.3 is 20.1 Å². The van der Waals surface area contributed by atoms with Gasteiger partial charge in [0.25, 0.3) is 0 Å². The van der Waals surface area contributed by atoms with Crippen LogP contribution in [0, 0.1) is 0 Å². The van der Waals surface area contributed by atoms with Crippen LogP contribution in [0.15, 0.2) is 30.6 Å². The monoisotopic (exact) mass is 400 g/mol. The van der Waals surface area contributed by atoms with Gasteiger partial charge in [-0.15, -0.1) is 0 Å². The van der Waals surface area contributed by atoms with Gasteiger partial charge in [0.15, 0.2) is 11.5 Å². The van der Waals surface area contributed by atoms with Crippen molar-refractivity contribution < 1.29 is 19.1 Å². The molecule has 2 N–H and O–H groups in total. The standard InChI is InChI=1S/C21H28N4O4/c1-28-18-9-5-6-15(21(18)29-2)10-11-19(26)24-17-12-22-25(13-17)14-20(27)23-16-7-3-4-8-16/h5-6,9,12-13,16H,3-4,7-8,10-11,14H2,1-2H3,(H,23,27)(H,24,26). The number of carbonyl (C=O) groups is 2. The van der Waals surface area contributed by atoms with Crippen LogP contribution in [0.25, 0.3) is 0 Å². The second-order valence-corrected chi connectivity index (χ2v) is 7.18. The van der Waals surface area contributed by atoms with Gasteiger partial charge in [-0.05, 0) is 30.9 Å². The highest BCUT2D eigenvalue weighted by atomic mass is 16.5. The molecular weight excluding hydrogens is 372 g/mol. The lowest BCUT2D eigenvalue weighted by molar-refractivity contribution is -0.122. The number of nitrogens with zero attached hydrogens (tertiary/aromatic N) is 2. The van der Waals surface area contributed by atoms with E-state index in [2.05, 4.69) is 15.7 Å². The molecule has 3 rings (SSSR count). The first kappa shape index (κ1) is 20.7. The van der Waals surface area contributed by atoms with Gasteiger partial charge in [0.05, 0.1) is 26.1 Å². The molecule has 156 valence electrons. The number of para-hydroxylation sites is 1. The Kier molecular flexibility index (Phi) is 7.10. The lowest BCUT2D eigenvalue weighted by Crippen LogP contribution is -2.35. The van der Waals surface area contributed by atoms with Crippen molar-refractivity contribution in [1.29, 1.82) is 0 Å². The number of rotatable bonds is 9. The average molecular weight is 400 g/mol. The summed E-state index contributed by atoms with van der Waals surface area (Å²) in [5, 5.41) is 10.0. The molecule has 1 aromatic carbocycles. The van der Waals surface area contributed by atoms with Gasteiger partial charge in [0.2, 0.25) is 11.8 Å². The predicted octanol–water partition coefficient (Wildman–Crippen LogP) is 2.53. The van der Waals surface area contributed by atoms with Crippen molar-refractivity contribution in [3.63, 3.8) is 0 Å². The molecule has 0 unspecified atom stereocenters. The van der Waals surface area contributed by atoms with Crippen molar-refractivity contribution in [2.45, 2.75) is 51.1 Å². The summed E-state index contributed by atoms with van der Waals surface area (Å²) in [5.74, 6) is 1.10. The highest BCUT2D eigenvalue weighted by molar-refractivity contribution is 5.90. The number of aryl methyl sites for hydroxylation is 1. The van der Waals surface area contributed by atoms with Crippen LogP contribution < -0.4 is 20.1 Å². The predicted molar refractivity (Wildman–Crippen MR) is 109 cm³/mol. The highest BCUT2D eigenvalue weighted by Crippen LogP contribution is 2.31. The molecule has 2 aromatic rings. The Balaban J connectivity index is 1.48. The molecule has 1 saturated carbocycles. The fourth-order valence-electron chi connectivity index (χ4n) is 3.63. The molecule has 1 aliphatic carbocycles. The summed E-state index contributed by atoms with van der Waals surface area (Å²) in [4.78, 5) is 24.4. The maximum absolute atomic E-state index is 12.3. The molecule has 0 spiro atoms. The van der Waals surface area contributed by atoms with Crippen molar-refractivity contribution in [3.05, 3.63) is 36.2 Å². The normalized spacial score (nSPS) is 13.9. The van der Waals surface area contributed by atoms with Crippen molar-refractivity contribution in [2.75, 3.05) is 19.5 Å². The van der Waals surface area contributed by atoms with Crippen molar-refractivity contribution in [1.82, 2.24) is 15.1 Å². The van der Waals surface area contributed by atoms with Crippen LogP contribution in [0.2, 0.25) is 0 Å². The summed E-state index contributed by atoms with van der Waals surface area (Å²) in [6, 6.07) is 5.88. The van der Waals surface area contributed by atoms with Crippen LogP contribution in [0.4, 0.5) is 5.69 Å². The van der Waals surface area contributed by atoms with Gasteiger partial charge >= 0.3 is 0 Å². The molecule has 0 aliphatic heterocycles. The fourth-order valence-corrected chi connectivity index (χ4v) is 3.63. The Bertz CT molecular complexity index is 843. The van der Waals surface area contributed by atoms with E-state index in [-0.39, 0.29) is 30.8 Å². The molecule has 2 amide bonds. The largest absolute Gasteiger partial charge is 0.493 e. The van der Waals surface area contributed by atoms with Crippen molar-refractivity contribution >= 4 is 17.5 Å². The number of nitrogens with one attached hydrogen (secondary N) is 2. The maximum Gasteiger partial charge on any atom is 0.241 e. The number of ether oxygens (including phenoxy) is 2. The van der Waals surface area contributed by atoms with E-state index in [4.69, 9.17) is 9.47 Å². The van der Waals surface area contributed by atoms with Crippen LogP contribution >= 0.6 is 0 Å². The van der Waals surface area contributed by atoms with E-state index in [0.717, 1.165) is 18.4 Å². The third kappa shape index (κ3) is 5.73. The minimum Gasteiger partial charge on any atom is -0.493 e. The number of anilines is 1. The molecule has 29 heavy (non-hydrogen) atoms. The van der Waals surface area contributed by atoms with Crippen LogP contribution in [0.5, 0.6) is 11.5 Å². The van der Waals surface area contributed by atoms with Gasteiger partial charge in [0.1, 0.15) is 6.54 Å². The number of hydrogen-bond acceptors (Lipinski definition) is 5. The molecule has 1 aromatic heterocycles. The third-order valence-corrected chi connectivity index (χ3v) is 5.05. The molecule has 8 heteroatoms. The van der Waals surface area contributed by atoms with E-state index in [1.54, 1.807) is 26.6 Å². The summed E-state index contributed by atoms with van der Waals surface area (Å²) in [6.07, 6.45) is 8.45. The summed E-state index contributed by atoms with van der Waals surface area (Å²) < 4.78 is 12.2. The van der Waals surface area contributed by atoms with Crippen molar-refractivity contribution in [2.24, 2.45) is 0 Å². The van der Waals surface area contributed by atoms with Crippen LogP contribution in [-0.2, 0) is 22.6 Å². The number of amides is 2. The summed E-state index contributed by atoms with van der Waals surface area (Å²) in [7, 11) is 3.17. The van der Waals surface area contributed by atoms with Gasteiger partial charge in [0, 0.05) is 18.7 Å². The zero-order chi connectivity index (χ0) is 20.6. The molecule has 1 heterocycles. The Morgan fingerprint density at radius 3 is 2.69 bits per heavy atom. The van der Waals surface area contributed by atoms with Gasteiger partial charge in [-0.3, -0.25) is 14.3 Å². The molecule has 0 atom stereocenters. The summed E-state index contributed by atoms with van der Waals surface area (Å²) in [5.41, 5.74) is 1.47.